The van der Waals surface area contributed by atoms with Gasteiger partial charge in [0.15, 0.2) is 11.5 Å². The summed E-state index contributed by atoms with van der Waals surface area (Å²) >= 11 is 0. The third kappa shape index (κ3) is 6.07. The van der Waals surface area contributed by atoms with Gasteiger partial charge in [0.1, 0.15) is 22.7 Å². The lowest BCUT2D eigenvalue weighted by atomic mass is 9.95. The van der Waals surface area contributed by atoms with Crippen molar-refractivity contribution in [3.8, 4) is 11.5 Å². The van der Waals surface area contributed by atoms with E-state index in [4.69, 9.17) is 4.74 Å². The second-order valence-corrected chi connectivity index (χ2v) is 9.26. The van der Waals surface area contributed by atoms with E-state index < -0.39 is 11.7 Å². The number of hydrogen-bond acceptors (Lipinski definition) is 6. The van der Waals surface area contributed by atoms with Crippen LogP contribution in [-0.4, -0.2) is 32.0 Å². The molecule has 4 aromatic rings. The van der Waals surface area contributed by atoms with E-state index in [1.54, 1.807) is 36.5 Å². The number of nitrogens with zero attached hydrogens (tertiary/aromatic N) is 3. The molecule has 10 heteroatoms. The fourth-order valence-corrected chi connectivity index (χ4v) is 4.60. The summed E-state index contributed by atoms with van der Waals surface area (Å²) in [5, 5.41) is 11.7. The highest BCUT2D eigenvalue weighted by Gasteiger charge is 2.30. The van der Waals surface area contributed by atoms with Gasteiger partial charge in [0.25, 0.3) is 0 Å². The number of ether oxygens (including phenoxy) is 1. The number of fused-ring (bicyclic) bond motifs is 1. The lowest BCUT2D eigenvalue weighted by Gasteiger charge is -2.22. The molecular weight excluding hydrogens is 483 g/mol. The number of hydrogen-bond donors (Lipinski definition) is 2. The topological polar surface area (TPSA) is 92.8 Å². The van der Waals surface area contributed by atoms with Gasteiger partial charge in [-0.15, -0.1) is 0 Å². The number of aromatic amines is 1. The van der Waals surface area contributed by atoms with Crippen LogP contribution in [0.2, 0.25) is 0 Å². The molecule has 0 aliphatic heterocycles. The molecule has 0 atom stereocenters. The van der Waals surface area contributed by atoms with Crippen LogP contribution in [0, 0.1) is 0 Å². The van der Waals surface area contributed by atoms with Gasteiger partial charge < -0.3 is 10.1 Å². The minimum absolute atomic E-state index is 0.0783. The van der Waals surface area contributed by atoms with E-state index in [0.29, 0.717) is 23.2 Å². The van der Waals surface area contributed by atoms with Gasteiger partial charge in [-0.1, -0.05) is 31.4 Å². The SMILES string of the molecule is O=C(Cc1ccc(Oc2ccnc3[nH]nc(NC4CCCCC4)c23)cc1)Cc1cc(C(F)(F)F)ccn1. The molecule has 0 spiro atoms. The Bertz CT molecular complexity index is 1380. The molecule has 0 radical (unpaired) electrons. The maximum Gasteiger partial charge on any atom is 0.416 e. The van der Waals surface area contributed by atoms with Crippen LogP contribution in [0.3, 0.4) is 0 Å². The van der Waals surface area contributed by atoms with Crippen LogP contribution < -0.4 is 10.1 Å². The summed E-state index contributed by atoms with van der Waals surface area (Å²) in [5.41, 5.74) is 0.638. The number of rotatable bonds is 8. The first-order valence-electron chi connectivity index (χ1n) is 12.3. The molecule has 1 aliphatic carbocycles. The number of carbonyl (C=O) groups excluding carboxylic acids is 1. The maximum absolute atomic E-state index is 12.9. The largest absolute Gasteiger partial charge is 0.456 e. The first-order valence-corrected chi connectivity index (χ1v) is 12.3. The summed E-state index contributed by atoms with van der Waals surface area (Å²) in [6.07, 6.45) is 4.03. The van der Waals surface area contributed by atoms with Gasteiger partial charge in [0, 0.05) is 43.0 Å². The number of anilines is 1. The predicted octanol–water partition coefficient (Wildman–Crippen LogP) is 6.26. The van der Waals surface area contributed by atoms with E-state index in [9.17, 15) is 18.0 Å². The molecule has 1 saturated carbocycles. The van der Waals surface area contributed by atoms with Crippen molar-refractivity contribution in [2.45, 2.75) is 57.2 Å². The predicted molar refractivity (Wildman–Crippen MR) is 133 cm³/mol. The Kier molecular flexibility index (Phi) is 7.07. The van der Waals surface area contributed by atoms with E-state index >= 15 is 0 Å². The zero-order chi connectivity index (χ0) is 25.8. The van der Waals surface area contributed by atoms with Crippen LogP contribution >= 0.6 is 0 Å². The van der Waals surface area contributed by atoms with E-state index in [2.05, 4.69) is 25.5 Å². The molecular formula is C27H26F3N5O2. The Labute approximate surface area is 211 Å². The molecule has 1 aliphatic rings. The quantitative estimate of drug-likeness (QED) is 0.291. The molecule has 0 unspecified atom stereocenters. The molecule has 2 N–H and O–H groups in total. The molecule has 0 saturated heterocycles. The summed E-state index contributed by atoms with van der Waals surface area (Å²) < 4.78 is 44.9. The molecule has 7 nitrogen and oxygen atoms in total. The monoisotopic (exact) mass is 509 g/mol. The average Bonchev–Trinajstić information content (AvgIpc) is 3.29. The van der Waals surface area contributed by atoms with E-state index in [0.717, 1.165) is 47.9 Å². The minimum atomic E-state index is -4.47. The Morgan fingerprint density at radius 1 is 1.00 bits per heavy atom. The number of carbonyl (C=O) groups is 1. The Balaban J connectivity index is 1.24. The standard InChI is InChI=1S/C27H26F3N5O2/c28-27(29,30)18-10-12-31-20(15-18)16-21(36)14-17-6-8-22(9-7-17)37-23-11-13-32-25-24(23)26(35-34-25)33-19-4-2-1-3-5-19/h6-13,15,19H,1-5,14,16H2,(H2,32,33,34,35). The number of halogens is 3. The van der Waals surface area contributed by atoms with Crippen LogP contribution in [0.1, 0.15) is 48.9 Å². The Morgan fingerprint density at radius 3 is 2.51 bits per heavy atom. The van der Waals surface area contributed by atoms with Crippen molar-refractivity contribution in [3.05, 3.63) is 71.7 Å². The Morgan fingerprint density at radius 2 is 1.76 bits per heavy atom. The lowest BCUT2D eigenvalue weighted by molar-refractivity contribution is -0.137. The number of ketones is 1. The summed E-state index contributed by atoms with van der Waals surface area (Å²) in [6.45, 7) is 0. The second-order valence-electron chi connectivity index (χ2n) is 9.26. The van der Waals surface area contributed by atoms with Crippen LogP contribution in [0.5, 0.6) is 11.5 Å². The zero-order valence-corrected chi connectivity index (χ0v) is 20.0. The first-order chi connectivity index (χ1) is 17.8. The summed E-state index contributed by atoms with van der Waals surface area (Å²) in [6, 6.07) is 11.0. The highest BCUT2D eigenvalue weighted by molar-refractivity contribution is 5.93. The van der Waals surface area contributed by atoms with Gasteiger partial charge in [-0.25, -0.2) is 4.98 Å². The molecule has 0 bridgehead atoms. The average molecular weight is 510 g/mol. The Hall–Kier alpha value is -3.95. The molecule has 0 amide bonds. The van der Waals surface area contributed by atoms with Crippen LogP contribution in [0.4, 0.5) is 19.0 Å². The van der Waals surface area contributed by atoms with Crippen molar-refractivity contribution in [3.63, 3.8) is 0 Å². The number of H-pyrrole nitrogens is 1. The van der Waals surface area contributed by atoms with Crippen LogP contribution in [0.15, 0.2) is 54.9 Å². The van der Waals surface area contributed by atoms with Crippen molar-refractivity contribution in [2.24, 2.45) is 0 Å². The molecule has 3 aromatic heterocycles. The lowest BCUT2D eigenvalue weighted by Crippen LogP contribution is -2.22. The molecule has 3 heterocycles. The van der Waals surface area contributed by atoms with Gasteiger partial charge in [0.05, 0.1) is 5.56 Å². The van der Waals surface area contributed by atoms with Crippen molar-refractivity contribution in [1.29, 1.82) is 0 Å². The van der Waals surface area contributed by atoms with Gasteiger partial charge >= 0.3 is 6.18 Å². The number of aromatic nitrogens is 4. The highest BCUT2D eigenvalue weighted by Crippen LogP contribution is 2.34. The molecule has 5 rings (SSSR count). The normalized spacial score (nSPS) is 14.6. The second kappa shape index (κ2) is 10.6. The third-order valence-corrected chi connectivity index (χ3v) is 6.44. The van der Waals surface area contributed by atoms with Gasteiger partial charge in [-0.3, -0.25) is 14.9 Å². The first kappa shape index (κ1) is 24.7. The summed E-state index contributed by atoms with van der Waals surface area (Å²) in [5.74, 6) is 1.67. The summed E-state index contributed by atoms with van der Waals surface area (Å²) in [4.78, 5) is 20.7. The molecule has 1 fully saturated rings. The fourth-order valence-electron chi connectivity index (χ4n) is 4.60. The maximum atomic E-state index is 12.9. The molecule has 37 heavy (non-hydrogen) atoms. The smallest absolute Gasteiger partial charge is 0.416 e. The summed E-state index contributed by atoms with van der Waals surface area (Å²) in [7, 11) is 0. The van der Waals surface area contributed by atoms with Crippen molar-refractivity contribution >= 4 is 22.6 Å². The molecule has 1 aromatic carbocycles. The van der Waals surface area contributed by atoms with E-state index in [1.165, 1.54) is 19.3 Å². The van der Waals surface area contributed by atoms with Gasteiger partial charge in [0.2, 0.25) is 0 Å². The zero-order valence-electron chi connectivity index (χ0n) is 20.0. The van der Waals surface area contributed by atoms with Gasteiger partial charge in [-0.05, 0) is 42.7 Å². The highest BCUT2D eigenvalue weighted by atomic mass is 19.4. The fraction of sp³-hybridized carbons (Fsp3) is 0.333. The van der Waals surface area contributed by atoms with Crippen molar-refractivity contribution < 1.29 is 22.7 Å². The number of alkyl halides is 3. The van der Waals surface area contributed by atoms with Crippen LogP contribution in [-0.2, 0) is 23.8 Å². The van der Waals surface area contributed by atoms with E-state index in [1.807, 2.05) is 0 Å². The minimum Gasteiger partial charge on any atom is -0.456 e. The van der Waals surface area contributed by atoms with Crippen LogP contribution in [0.25, 0.3) is 11.0 Å². The van der Waals surface area contributed by atoms with Crippen molar-refractivity contribution in [2.75, 3.05) is 5.32 Å². The number of Topliss-reactive ketones (excluding diaryl/α,β-unsaturated/α-hetero) is 1. The third-order valence-electron chi connectivity index (χ3n) is 6.44. The number of nitrogens with one attached hydrogen (secondary N) is 2. The van der Waals surface area contributed by atoms with Gasteiger partial charge in [-0.2, -0.15) is 18.3 Å². The van der Waals surface area contributed by atoms with Crippen molar-refractivity contribution in [1.82, 2.24) is 20.2 Å². The number of benzene rings is 1. The van der Waals surface area contributed by atoms with E-state index in [-0.39, 0.29) is 24.3 Å². The number of pyridine rings is 2. The molecule has 192 valence electrons.